The summed E-state index contributed by atoms with van der Waals surface area (Å²) in [7, 11) is 0. The van der Waals surface area contributed by atoms with Crippen LogP contribution >= 0.6 is 0 Å². The smallest absolute Gasteiger partial charge is 0.134 e. The fourth-order valence-corrected chi connectivity index (χ4v) is 1.86. The van der Waals surface area contributed by atoms with Gasteiger partial charge in [0.1, 0.15) is 11.5 Å². The summed E-state index contributed by atoms with van der Waals surface area (Å²) in [5.74, 6) is 2.00. The molecule has 14 heavy (non-hydrogen) atoms. The fraction of sp³-hybridized carbons (Fsp3) is 0.0769. The quantitative estimate of drug-likeness (QED) is 0.598. The van der Waals surface area contributed by atoms with E-state index >= 15 is 0 Å². The number of rotatable bonds is 0. The molecule has 0 unspecified atom stereocenters. The summed E-state index contributed by atoms with van der Waals surface area (Å²) >= 11 is 0. The van der Waals surface area contributed by atoms with Gasteiger partial charge in [-0.15, -0.1) is 0 Å². The molecule has 2 aliphatic rings. The van der Waals surface area contributed by atoms with Crippen LogP contribution < -0.4 is 4.74 Å². The molecule has 3 rings (SSSR count). The topological polar surface area (TPSA) is 9.23 Å². The van der Waals surface area contributed by atoms with Gasteiger partial charge in [-0.1, -0.05) is 36.4 Å². The minimum atomic E-state index is 0.907. The van der Waals surface area contributed by atoms with Crippen LogP contribution in [-0.4, -0.2) is 0 Å². The minimum Gasteiger partial charge on any atom is -0.461 e. The van der Waals surface area contributed by atoms with Gasteiger partial charge in [0.05, 0.1) is 0 Å². The lowest BCUT2D eigenvalue weighted by Crippen LogP contribution is -2.04. The largest absolute Gasteiger partial charge is 0.461 e. The van der Waals surface area contributed by atoms with E-state index in [-0.39, 0.29) is 0 Å². The molecule has 0 aromatic heterocycles. The molecule has 0 saturated carbocycles. The Balaban J connectivity index is 2.24. The zero-order valence-electron chi connectivity index (χ0n) is 7.73. The van der Waals surface area contributed by atoms with Crippen LogP contribution in [0.1, 0.15) is 12.0 Å². The van der Waals surface area contributed by atoms with Gasteiger partial charge in [0, 0.05) is 12.0 Å². The van der Waals surface area contributed by atoms with E-state index in [0.29, 0.717) is 0 Å². The number of ether oxygens (including phenoxy) is 1. The van der Waals surface area contributed by atoms with Gasteiger partial charge >= 0.3 is 0 Å². The molecule has 0 saturated heterocycles. The molecular weight excluding hydrogens is 172 g/mol. The van der Waals surface area contributed by atoms with E-state index in [1.54, 1.807) is 0 Å². The van der Waals surface area contributed by atoms with E-state index in [4.69, 9.17) is 4.74 Å². The van der Waals surface area contributed by atoms with Gasteiger partial charge < -0.3 is 4.74 Å². The average molecular weight is 182 g/mol. The van der Waals surface area contributed by atoms with Gasteiger partial charge in [-0.3, -0.25) is 0 Å². The highest BCUT2D eigenvalue weighted by molar-refractivity contribution is 5.75. The Kier molecular flexibility index (Phi) is 1.57. The lowest BCUT2D eigenvalue weighted by atomic mass is 9.98. The van der Waals surface area contributed by atoms with Crippen molar-refractivity contribution in [3.8, 4) is 5.75 Å². The van der Waals surface area contributed by atoms with E-state index in [2.05, 4.69) is 18.2 Å². The molecule has 0 amide bonds. The summed E-state index contributed by atoms with van der Waals surface area (Å²) in [5, 5.41) is 0. The Morgan fingerprint density at radius 1 is 1.00 bits per heavy atom. The number of allylic oxidation sites excluding steroid dienone is 5. The molecule has 1 heteroatoms. The molecule has 0 atom stereocenters. The maximum atomic E-state index is 5.75. The molecule has 1 aromatic rings. The zero-order valence-corrected chi connectivity index (χ0v) is 7.73. The minimum absolute atomic E-state index is 0.907. The number of fused-ring (bicyclic) bond motifs is 4. The summed E-state index contributed by atoms with van der Waals surface area (Å²) in [6, 6.07) is 8.18. The highest BCUT2D eigenvalue weighted by Crippen LogP contribution is 2.37. The normalized spacial score (nSPS) is 17.4. The maximum absolute atomic E-state index is 5.75. The Morgan fingerprint density at radius 2 is 1.86 bits per heavy atom. The monoisotopic (exact) mass is 182 g/mol. The molecule has 1 aliphatic heterocycles. The fourth-order valence-electron chi connectivity index (χ4n) is 1.86. The van der Waals surface area contributed by atoms with E-state index in [0.717, 1.165) is 17.9 Å². The first kappa shape index (κ1) is 7.63. The third kappa shape index (κ3) is 1.10. The molecule has 0 spiro atoms. The van der Waals surface area contributed by atoms with Gasteiger partial charge in [0.2, 0.25) is 0 Å². The molecule has 1 heterocycles. The van der Waals surface area contributed by atoms with E-state index in [9.17, 15) is 0 Å². The average Bonchev–Trinajstić information content (AvgIpc) is 2.41. The third-order valence-electron chi connectivity index (χ3n) is 2.53. The van der Waals surface area contributed by atoms with Crippen molar-refractivity contribution in [2.24, 2.45) is 0 Å². The molecule has 1 aromatic carbocycles. The molecule has 1 aliphatic carbocycles. The third-order valence-corrected chi connectivity index (χ3v) is 2.53. The summed E-state index contributed by atoms with van der Waals surface area (Å²) in [5.41, 5.74) is 2.56. The van der Waals surface area contributed by atoms with Crippen LogP contribution in [0.4, 0.5) is 0 Å². The van der Waals surface area contributed by atoms with Crippen LogP contribution in [0, 0.1) is 0 Å². The molecule has 1 nitrogen and oxygen atoms in total. The van der Waals surface area contributed by atoms with Crippen LogP contribution in [0.3, 0.4) is 0 Å². The van der Waals surface area contributed by atoms with Crippen molar-refractivity contribution in [2.75, 3.05) is 0 Å². The van der Waals surface area contributed by atoms with Crippen molar-refractivity contribution in [3.63, 3.8) is 0 Å². The molecule has 68 valence electrons. The lowest BCUT2D eigenvalue weighted by molar-refractivity contribution is 0.407. The number of para-hydroxylation sites is 1. The number of hydrogen-bond acceptors (Lipinski definition) is 1. The van der Waals surface area contributed by atoms with Crippen molar-refractivity contribution in [2.45, 2.75) is 6.42 Å². The first-order valence-electron chi connectivity index (χ1n) is 4.77. The van der Waals surface area contributed by atoms with Crippen LogP contribution in [0.25, 0.3) is 5.57 Å². The van der Waals surface area contributed by atoms with Crippen molar-refractivity contribution in [3.05, 3.63) is 59.9 Å². The highest BCUT2D eigenvalue weighted by atomic mass is 16.5. The van der Waals surface area contributed by atoms with Crippen LogP contribution in [0.15, 0.2) is 54.3 Å². The number of benzene rings is 1. The van der Waals surface area contributed by atoms with Gasteiger partial charge in [-0.25, -0.2) is 0 Å². The van der Waals surface area contributed by atoms with E-state index in [1.807, 2.05) is 30.4 Å². The van der Waals surface area contributed by atoms with Crippen molar-refractivity contribution in [1.29, 1.82) is 0 Å². The Morgan fingerprint density at radius 3 is 2.86 bits per heavy atom. The van der Waals surface area contributed by atoms with Gasteiger partial charge in [0.25, 0.3) is 0 Å². The van der Waals surface area contributed by atoms with Crippen molar-refractivity contribution in [1.82, 2.24) is 0 Å². The molecule has 2 bridgehead atoms. The standard InChI is InChI=1S/C13H10O/c1-2-6-11-9-10(5-1)12-7-3-4-8-13(12)14-11/h1-8H,9H2. The Hall–Kier alpha value is -1.76. The first-order chi connectivity index (χ1) is 6.93. The van der Waals surface area contributed by atoms with Crippen molar-refractivity contribution >= 4 is 5.57 Å². The van der Waals surface area contributed by atoms with E-state index < -0.39 is 0 Å². The second kappa shape index (κ2) is 2.88. The van der Waals surface area contributed by atoms with Crippen LogP contribution in [-0.2, 0) is 0 Å². The first-order valence-corrected chi connectivity index (χ1v) is 4.77. The SMILES string of the molecule is C1=CC=C2CC(=C1)Oc1ccccc12. The predicted molar refractivity (Wildman–Crippen MR) is 56.9 cm³/mol. The summed E-state index contributed by atoms with van der Waals surface area (Å²) in [6.45, 7) is 0. The Labute approximate surface area is 83.0 Å². The maximum Gasteiger partial charge on any atom is 0.134 e. The highest BCUT2D eigenvalue weighted by Gasteiger charge is 2.18. The molecule has 0 fully saturated rings. The molecule has 0 N–H and O–H groups in total. The van der Waals surface area contributed by atoms with Crippen LogP contribution in [0.2, 0.25) is 0 Å². The van der Waals surface area contributed by atoms with Crippen LogP contribution in [0.5, 0.6) is 5.75 Å². The lowest BCUT2D eigenvalue weighted by Gasteiger charge is -2.21. The predicted octanol–water partition coefficient (Wildman–Crippen LogP) is 3.31. The second-order valence-electron chi connectivity index (χ2n) is 3.48. The molecule has 0 radical (unpaired) electrons. The van der Waals surface area contributed by atoms with Crippen molar-refractivity contribution < 1.29 is 4.74 Å². The van der Waals surface area contributed by atoms with Gasteiger partial charge in [0.15, 0.2) is 0 Å². The van der Waals surface area contributed by atoms with Gasteiger partial charge in [-0.05, 0) is 17.7 Å². The number of hydrogen-bond donors (Lipinski definition) is 0. The Bertz CT molecular complexity index is 464. The summed E-state index contributed by atoms with van der Waals surface area (Å²) in [6.07, 6.45) is 9.18. The van der Waals surface area contributed by atoms with Gasteiger partial charge in [-0.2, -0.15) is 0 Å². The summed E-state index contributed by atoms with van der Waals surface area (Å²) in [4.78, 5) is 0. The van der Waals surface area contributed by atoms with E-state index in [1.165, 1.54) is 11.1 Å². The molecular formula is C13H10O. The zero-order chi connectivity index (χ0) is 9.38. The summed E-state index contributed by atoms with van der Waals surface area (Å²) < 4.78 is 5.75. The second-order valence-corrected chi connectivity index (χ2v) is 3.48.